The molecule has 0 aromatic rings. The molecular weight excluding hydrogens is 308 g/mol. The van der Waals surface area contributed by atoms with Gasteiger partial charge in [0, 0.05) is 17.9 Å². The lowest BCUT2D eigenvalue weighted by molar-refractivity contribution is 0.0526. The number of hydrogen-bond donors (Lipinski definition) is 0. The quantitative estimate of drug-likeness (QED) is 0.788. The number of aromatic nitrogens is 1. The molecule has 0 saturated carbocycles. The molecule has 2 aliphatic rings. The number of hydrogen-bond acceptors (Lipinski definition) is 5. The highest BCUT2D eigenvalue weighted by molar-refractivity contribution is 6.00. The second kappa shape index (κ2) is 7.55. The number of ether oxygens (including phenoxy) is 1. The SMILES string of the molecule is CCOC(=O)c1c2cccccc-2n(C(=O)CCC(C)C#N)c1=O. The minimum Gasteiger partial charge on any atom is -0.462 e. The van der Waals surface area contributed by atoms with Gasteiger partial charge in [-0.1, -0.05) is 24.3 Å². The average molecular weight is 326 g/mol. The van der Waals surface area contributed by atoms with Crippen LogP contribution < -0.4 is 5.56 Å². The lowest BCUT2D eigenvalue weighted by Gasteiger charge is -2.05. The van der Waals surface area contributed by atoms with Crippen LogP contribution in [-0.4, -0.2) is 23.1 Å². The van der Waals surface area contributed by atoms with E-state index in [1.807, 2.05) is 0 Å². The first-order valence-corrected chi connectivity index (χ1v) is 7.75. The molecule has 1 unspecified atom stereocenters. The number of nitrogens with zero attached hydrogens (tertiary/aromatic N) is 2. The molecule has 0 spiro atoms. The van der Waals surface area contributed by atoms with E-state index in [0.717, 1.165) is 4.57 Å². The van der Waals surface area contributed by atoms with E-state index in [0.29, 0.717) is 17.7 Å². The fourth-order valence-electron chi connectivity index (χ4n) is 2.45. The third-order valence-corrected chi connectivity index (χ3v) is 3.68. The van der Waals surface area contributed by atoms with Crippen molar-refractivity contribution in [3.05, 3.63) is 46.2 Å². The fraction of sp³-hybridized carbons (Fsp3) is 0.333. The van der Waals surface area contributed by atoms with Crippen molar-refractivity contribution < 1.29 is 14.3 Å². The number of fused-ring (bicyclic) bond motifs is 1. The third-order valence-electron chi connectivity index (χ3n) is 3.68. The van der Waals surface area contributed by atoms with Crippen molar-refractivity contribution in [1.82, 2.24) is 4.57 Å². The molecule has 1 aliphatic carbocycles. The Morgan fingerprint density at radius 2 is 2.00 bits per heavy atom. The van der Waals surface area contributed by atoms with Crippen LogP contribution in [0.5, 0.6) is 0 Å². The van der Waals surface area contributed by atoms with E-state index >= 15 is 0 Å². The Morgan fingerprint density at radius 1 is 1.29 bits per heavy atom. The average Bonchev–Trinajstić information content (AvgIpc) is 2.70. The Kier molecular flexibility index (Phi) is 5.48. The van der Waals surface area contributed by atoms with Gasteiger partial charge < -0.3 is 4.74 Å². The molecule has 0 fully saturated rings. The molecule has 1 heterocycles. The first kappa shape index (κ1) is 17.4. The van der Waals surface area contributed by atoms with Gasteiger partial charge in [0.2, 0.25) is 5.91 Å². The number of carbonyl (C=O) groups excluding carboxylic acids is 2. The number of esters is 1. The predicted octanol–water partition coefficient (Wildman–Crippen LogP) is 2.71. The van der Waals surface area contributed by atoms with Gasteiger partial charge in [-0.2, -0.15) is 5.26 Å². The molecule has 6 nitrogen and oxygen atoms in total. The van der Waals surface area contributed by atoms with Gasteiger partial charge in [0.25, 0.3) is 5.56 Å². The third kappa shape index (κ3) is 3.35. The minimum atomic E-state index is -0.740. The summed E-state index contributed by atoms with van der Waals surface area (Å²) < 4.78 is 5.96. The minimum absolute atomic E-state index is 0.0502. The predicted molar refractivity (Wildman–Crippen MR) is 87.9 cm³/mol. The van der Waals surface area contributed by atoms with Crippen LogP contribution in [0.4, 0.5) is 0 Å². The molecule has 1 aliphatic heterocycles. The highest BCUT2D eigenvalue weighted by Crippen LogP contribution is 2.25. The molecular formula is C18H18N2O4. The van der Waals surface area contributed by atoms with E-state index in [9.17, 15) is 14.4 Å². The van der Waals surface area contributed by atoms with Crippen molar-refractivity contribution in [2.24, 2.45) is 5.92 Å². The van der Waals surface area contributed by atoms with Gasteiger partial charge in [-0.3, -0.25) is 9.59 Å². The number of carbonyl (C=O) groups is 2. The zero-order valence-electron chi connectivity index (χ0n) is 13.6. The molecule has 0 aromatic heterocycles. The lowest BCUT2D eigenvalue weighted by Crippen LogP contribution is -2.27. The summed E-state index contributed by atoms with van der Waals surface area (Å²) in [6, 6.07) is 10.4. The summed E-state index contributed by atoms with van der Waals surface area (Å²) in [7, 11) is 0. The van der Waals surface area contributed by atoms with Gasteiger partial charge in [-0.25, -0.2) is 9.36 Å². The first-order chi connectivity index (χ1) is 11.5. The van der Waals surface area contributed by atoms with Crippen molar-refractivity contribution in [1.29, 1.82) is 5.26 Å². The summed E-state index contributed by atoms with van der Waals surface area (Å²) in [5.41, 5.74) is -0.0678. The maximum Gasteiger partial charge on any atom is 0.344 e. The topological polar surface area (TPSA) is 89.2 Å². The van der Waals surface area contributed by atoms with E-state index in [4.69, 9.17) is 10.00 Å². The molecule has 1 atom stereocenters. The van der Waals surface area contributed by atoms with Gasteiger partial charge in [-0.05, 0) is 26.3 Å². The summed E-state index contributed by atoms with van der Waals surface area (Å²) >= 11 is 0. The van der Waals surface area contributed by atoms with Crippen LogP contribution in [0.3, 0.4) is 0 Å². The molecule has 0 radical (unpaired) electrons. The van der Waals surface area contributed by atoms with Crippen LogP contribution in [0.15, 0.2) is 35.1 Å². The number of nitriles is 1. The van der Waals surface area contributed by atoms with E-state index in [2.05, 4.69) is 6.07 Å². The van der Waals surface area contributed by atoms with E-state index in [-0.39, 0.29) is 24.5 Å². The highest BCUT2D eigenvalue weighted by atomic mass is 16.5. The molecule has 2 rings (SSSR count). The van der Waals surface area contributed by atoms with Gasteiger partial charge in [0.1, 0.15) is 5.56 Å². The van der Waals surface area contributed by atoms with Crippen LogP contribution >= 0.6 is 0 Å². The summed E-state index contributed by atoms with van der Waals surface area (Å²) in [6.07, 6.45) is 0.400. The standard InChI is InChI=1S/C18H18N2O4/c1-3-24-18(23)16-13-7-5-4-6-8-14(13)20(17(16)22)15(21)10-9-12(2)11-19/h4-8,12H,3,9-10H2,1-2H3. The fourth-order valence-corrected chi connectivity index (χ4v) is 2.45. The molecule has 0 amide bonds. The van der Waals surface area contributed by atoms with E-state index in [1.165, 1.54) is 0 Å². The Balaban J connectivity index is 2.53. The van der Waals surface area contributed by atoms with E-state index < -0.39 is 17.4 Å². The molecule has 0 saturated heterocycles. The smallest absolute Gasteiger partial charge is 0.344 e. The second-order valence-electron chi connectivity index (χ2n) is 5.41. The van der Waals surface area contributed by atoms with Crippen LogP contribution in [0.25, 0.3) is 11.3 Å². The van der Waals surface area contributed by atoms with Crippen molar-refractivity contribution in [2.75, 3.05) is 6.61 Å². The summed E-state index contributed by atoms with van der Waals surface area (Å²) in [5, 5.41) is 8.82. The maximum absolute atomic E-state index is 12.6. The van der Waals surface area contributed by atoms with Gasteiger partial charge in [-0.15, -0.1) is 0 Å². The van der Waals surface area contributed by atoms with Gasteiger partial charge in [0.15, 0.2) is 0 Å². The molecule has 24 heavy (non-hydrogen) atoms. The number of rotatable bonds is 5. The zero-order valence-corrected chi connectivity index (χ0v) is 13.6. The first-order valence-electron chi connectivity index (χ1n) is 7.75. The van der Waals surface area contributed by atoms with E-state index in [1.54, 1.807) is 44.2 Å². The Labute approximate surface area is 139 Å². The summed E-state index contributed by atoms with van der Waals surface area (Å²) in [6.45, 7) is 3.50. The van der Waals surface area contributed by atoms with Crippen molar-refractivity contribution in [3.8, 4) is 17.3 Å². The highest BCUT2D eigenvalue weighted by Gasteiger charge is 2.28. The zero-order chi connectivity index (χ0) is 17.7. The second-order valence-corrected chi connectivity index (χ2v) is 5.41. The Morgan fingerprint density at radius 3 is 2.67 bits per heavy atom. The summed E-state index contributed by atoms with van der Waals surface area (Å²) in [4.78, 5) is 37.3. The van der Waals surface area contributed by atoms with Crippen LogP contribution in [0, 0.1) is 17.2 Å². The Bertz CT molecular complexity index is 832. The van der Waals surface area contributed by atoms with Crippen LogP contribution in [-0.2, 0) is 4.74 Å². The monoisotopic (exact) mass is 326 g/mol. The molecule has 0 N–H and O–H groups in total. The largest absolute Gasteiger partial charge is 0.462 e. The van der Waals surface area contributed by atoms with Crippen LogP contribution in [0.1, 0.15) is 41.8 Å². The summed E-state index contributed by atoms with van der Waals surface area (Å²) in [5.74, 6) is -1.46. The Hall–Kier alpha value is -2.94. The van der Waals surface area contributed by atoms with Gasteiger partial charge >= 0.3 is 5.97 Å². The molecule has 0 bridgehead atoms. The van der Waals surface area contributed by atoms with Crippen molar-refractivity contribution in [3.63, 3.8) is 0 Å². The van der Waals surface area contributed by atoms with Crippen molar-refractivity contribution in [2.45, 2.75) is 26.7 Å². The van der Waals surface area contributed by atoms with Crippen molar-refractivity contribution >= 4 is 11.9 Å². The van der Waals surface area contributed by atoms with Gasteiger partial charge in [0.05, 0.1) is 18.4 Å². The maximum atomic E-state index is 12.6. The molecule has 124 valence electrons. The normalized spacial score (nSPS) is 11.7. The lowest BCUT2D eigenvalue weighted by atomic mass is 10.1. The molecule has 0 aromatic carbocycles. The van der Waals surface area contributed by atoms with Crippen LogP contribution in [0.2, 0.25) is 0 Å². The molecule has 6 heteroatoms.